The van der Waals surface area contributed by atoms with Gasteiger partial charge < -0.3 is 14.8 Å². The Kier molecular flexibility index (Phi) is 8.81. The van der Waals surface area contributed by atoms with Crippen LogP contribution in [-0.4, -0.2) is 31.6 Å². The number of carbonyl (C=O) groups excluding carboxylic acids is 2. The zero-order valence-electron chi connectivity index (χ0n) is 18.1. The van der Waals surface area contributed by atoms with Crippen molar-refractivity contribution in [3.05, 3.63) is 28.8 Å². The third kappa shape index (κ3) is 7.54. The second kappa shape index (κ2) is 10.9. The zero-order valence-corrected chi connectivity index (χ0v) is 18.8. The highest BCUT2D eigenvalue weighted by molar-refractivity contribution is 6.30. The standard InChI is InChI=1S/C23H34ClNO4/c1-23(2,3)19-15-17(24)11-12-20(19)29-13-6-5-10-21(26)25-18-9-7-8-16(14-18)22(27)28-4/h11-12,15-16,18H,5-10,13-14H2,1-4H3,(H,25,26). The van der Waals surface area contributed by atoms with Gasteiger partial charge in [0.1, 0.15) is 5.75 Å². The molecule has 1 aliphatic rings. The summed E-state index contributed by atoms with van der Waals surface area (Å²) in [7, 11) is 1.42. The molecule has 0 spiro atoms. The maximum absolute atomic E-state index is 12.2. The molecule has 6 heteroatoms. The van der Waals surface area contributed by atoms with Crippen LogP contribution in [0, 0.1) is 5.92 Å². The fourth-order valence-electron chi connectivity index (χ4n) is 3.79. The number of amides is 1. The number of carbonyl (C=O) groups is 2. The van der Waals surface area contributed by atoms with Crippen molar-refractivity contribution in [1.29, 1.82) is 0 Å². The first-order chi connectivity index (χ1) is 13.7. The third-order valence-electron chi connectivity index (χ3n) is 5.38. The maximum atomic E-state index is 12.2. The van der Waals surface area contributed by atoms with E-state index < -0.39 is 0 Å². The van der Waals surface area contributed by atoms with E-state index in [1.807, 2.05) is 18.2 Å². The van der Waals surface area contributed by atoms with Gasteiger partial charge in [-0.1, -0.05) is 38.8 Å². The molecule has 0 aliphatic heterocycles. The first-order valence-electron chi connectivity index (χ1n) is 10.5. The van der Waals surface area contributed by atoms with Crippen molar-refractivity contribution in [2.24, 2.45) is 5.92 Å². The van der Waals surface area contributed by atoms with Gasteiger partial charge in [0.15, 0.2) is 0 Å². The Morgan fingerprint density at radius 1 is 1.21 bits per heavy atom. The highest BCUT2D eigenvalue weighted by Gasteiger charge is 2.28. The van der Waals surface area contributed by atoms with E-state index in [2.05, 4.69) is 26.1 Å². The van der Waals surface area contributed by atoms with Crippen molar-refractivity contribution in [3.63, 3.8) is 0 Å². The van der Waals surface area contributed by atoms with Gasteiger partial charge in [-0.15, -0.1) is 0 Å². The number of halogens is 1. The van der Waals surface area contributed by atoms with E-state index in [4.69, 9.17) is 21.1 Å². The van der Waals surface area contributed by atoms with Crippen LogP contribution in [0.15, 0.2) is 18.2 Å². The molecule has 1 aromatic carbocycles. The molecule has 2 atom stereocenters. The number of hydrogen-bond donors (Lipinski definition) is 1. The minimum absolute atomic E-state index is 0.0439. The van der Waals surface area contributed by atoms with Crippen molar-refractivity contribution in [1.82, 2.24) is 5.32 Å². The SMILES string of the molecule is COC(=O)C1CCCC(NC(=O)CCCCOc2ccc(Cl)cc2C(C)(C)C)C1. The van der Waals surface area contributed by atoms with Crippen LogP contribution in [0.2, 0.25) is 5.02 Å². The fourth-order valence-corrected chi connectivity index (χ4v) is 3.96. The van der Waals surface area contributed by atoms with Gasteiger partial charge in [-0.3, -0.25) is 9.59 Å². The topological polar surface area (TPSA) is 64.6 Å². The van der Waals surface area contributed by atoms with Crippen LogP contribution in [0.25, 0.3) is 0 Å². The summed E-state index contributed by atoms with van der Waals surface area (Å²) >= 11 is 6.13. The lowest BCUT2D eigenvalue weighted by Crippen LogP contribution is -2.40. The molecular weight excluding hydrogens is 390 g/mol. The average molecular weight is 424 g/mol. The first-order valence-corrected chi connectivity index (χ1v) is 10.9. The number of unbranched alkanes of at least 4 members (excludes halogenated alkanes) is 1. The molecule has 2 rings (SSSR count). The number of rotatable bonds is 8. The molecule has 1 aromatic rings. The lowest BCUT2D eigenvalue weighted by molar-refractivity contribution is -0.147. The van der Waals surface area contributed by atoms with Gasteiger partial charge in [-0.2, -0.15) is 0 Å². The molecular formula is C23H34ClNO4. The monoisotopic (exact) mass is 423 g/mol. The number of hydrogen-bond acceptors (Lipinski definition) is 4. The summed E-state index contributed by atoms with van der Waals surface area (Å²) in [5.41, 5.74) is 1.03. The van der Waals surface area contributed by atoms with E-state index in [-0.39, 0.29) is 29.3 Å². The molecule has 0 aromatic heterocycles. The van der Waals surface area contributed by atoms with Gasteiger partial charge in [0.2, 0.25) is 5.91 Å². The van der Waals surface area contributed by atoms with Crippen LogP contribution in [-0.2, 0) is 19.7 Å². The second-order valence-electron chi connectivity index (χ2n) is 8.85. The zero-order chi connectivity index (χ0) is 21.4. The number of benzene rings is 1. The van der Waals surface area contributed by atoms with Crippen molar-refractivity contribution in [2.45, 2.75) is 77.2 Å². The second-order valence-corrected chi connectivity index (χ2v) is 9.28. The average Bonchev–Trinajstić information content (AvgIpc) is 2.67. The summed E-state index contributed by atoms with van der Waals surface area (Å²) in [4.78, 5) is 23.9. The first kappa shape index (κ1) is 23.5. The lowest BCUT2D eigenvalue weighted by atomic mass is 9.85. The van der Waals surface area contributed by atoms with Gasteiger partial charge >= 0.3 is 5.97 Å². The quantitative estimate of drug-likeness (QED) is 0.470. The maximum Gasteiger partial charge on any atom is 0.308 e. The lowest BCUT2D eigenvalue weighted by Gasteiger charge is -2.28. The molecule has 0 heterocycles. The summed E-state index contributed by atoms with van der Waals surface area (Å²) < 4.78 is 10.8. The normalized spacial score (nSPS) is 19.5. The summed E-state index contributed by atoms with van der Waals surface area (Å²) in [6.07, 6.45) is 5.41. The van der Waals surface area contributed by atoms with E-state index in [0.29, 0.717) is 24.5 Å². The van der Waals surface area contributed by atoms with Crippen LogP contribution in [0.3, 0.4) is 0 Å². The number of ether oxygens (including phenoxy) is 2. The van der Waals surface area contributed by atoms with E-state index in [9.17, 15) is 9.59 Å². The Balaban J connectivity index is 1.71. The Hall–Kier alpha value is -1.75. The fraction of sp³-hybridized carbons (Fsp3) is 0.652. The summed E-state index contributed by atoms with van der Waals surface area (Å²) in [6, 6.07) is 5.78. The molecule has 0 radical (unpaired) electrons. The highest BCUT2D eigenvalue weighted by atomic mass is 35.5. The molecule has 1 N–H and O–H groups in total. The summed E-state index contributed by atoms with van der Waals surface area (Å²) in [5, 5.41) is 3.77. The van der Waals surface area contributed by atoms with Crippen LogP contribution >= 0.6 is 11.6 Å². The molecule has 2 unspecified atom stereocenters. The van der Waals surface area contributed by atoms with Crippen molar-refractivity contribution in [3.8, 4) is 5.75 Å². The van der Waals surface area contributed by atoms with Gasteiger partial charge in [0.25, 0.3) is 0 Å². The van der Waals surface area contributed by atoms with Crippen LogP contribution < -0.4 is 10.1 Å². The molecule has 1 fully saturated rings. The Morgan fingerprint density at radius 2 is 1.97 bits per heavy atom. The molecule has 29 heavy (non-hydrogen) atoms. The Bertz CT molecular complexity index is 699. The number of nitrogens with one attached hydrogen (secondary N) is 1. The van der Waals surface area contributed by atoms with Crippen molar-refractivity contribution in [2.75, 3.05) is 13.7 Å². The molecule has 0 bridgehead atoms. The van der Waals surface area contributed by atoms with Crippen LogP contribution in [0.5, 0.6) is 5.75 Å². The predicted octanol–water partition coefficient (Wildman–Crippen LogP) is 5.03. The number of esters is 1. The molecule has 162 valence electrons. The Labute approximate surface area is 179 Å². The Morgan fingerprint density at radius 3 is 2.66 bits per heavy atom. The molecule has 1 amide bonds. The smallest absolute Gasteiger partial charge is 0.308 e. The van der Waals surface area contributed by atoms with Gasteiger partial charge in [-0.05, 0) is 55.7 Å². The van der Waals surface area contributed by atoms with E-state index in [0.717, 1.165) is 43.4 Å². The van der Waals surface area contributed by atoms with E-state index in [1.54, 1.807) is 0 Å². The van der Waals surface area contributed by atoms with Crippen molar-refractivity contribution >= 4 is 23.5 Å². The summed E-state index contributed by atoms with van der Waals surface area (Å²) in [6.45, 7) is 6.95. The minimum atomic E-state index is -0.169. The van der Waals surface area contributed by atoms with Crippen molar-refractivity contribution < 1.29 is 19.1 Å². The summed E-state index contributed by atoms with van der Waals surface area (Å²) in [5.74, 6) is 0.631. The molecule has 1 saturated carbocycles. The van der Waals surface area contributed by atoms with Crippen LogP contribution in [0.1, 0.15) is 71.3 Å². The van der Waals surface area contributed by atoms with Gasteiger partial charge in [-0.25, -0.2) is 0 Å². The van der Waals surface area contributed by atoms with Gasteiger partial charge in [0.05, 0.1) is 19.6 Å². The predicted molar refractivity (Wildman–Crippen MR) is 115 cm³/mol. The molecule has 1 aliphatic carbocycles. The minimum Gasteiger partial charge on any atom is -0.493 e. The molecule has 5 nitrogen and oxygen atoms in total. The third-order valence-corrected chi connectivity index (χ3v) is 5.61. The highest BCUT2D eigenvalue weighted by Crippen LogP contribution is 2.33. The number of methoxy groups -OCH3 is 1. The van der Waals surface area contributed by atoms with Crippen LogP contribution in [0.4, 0.5) is 0 Å². The van der Waals surface area contributed by atoms with E-state index in [1.165, 1.54) is 7.11 Å². The van der Waals surface area contributed by atoms with E-state index >= 15 is 0 Å². The molecule has 0 saturated heterocycles. The largest absolute Gasteiger partial charge is 0.493 e. The van der Waals surface area contributed by atoms with Gasteiger partial charge in [0, 0.05) is 23.0 Å².